The molecule has 5 heterocycles. The number of nitrogens with zero attached hydrogens (tertiary/aromatic N) is 5. The Morgan fingerprint density at radius 2 is 1.84 bits per heavy atom. The number of benzene rings is 1. The van der Waals surface area contributed by atoms with Crippen LogP contribution in [0.5, 0.6) is 0 Å². The Morgan fingerprint density at radius 1 is 0.974 bits per heavy atom. The summed E-state index contributed by atoms with van der Waals surface area (Å²) in [6.07, 6.45) is 7.77. The van der Waals surface area contributed by atoms with Crippen molar-refractivity contribution in [2.24, 2.45) is 5.92 Å². The first kappa shape index (κ1) is 22.2. The fourth-order valence-electron chi connectivity index (χ4n) is 4.47. The van der Waals surface area contributed by atoms with Crippen LogP contribution in [0.2, 0.25) is 0 Å². The second kappa shape index (κ2) is 8.51. The molecule has 11 heteroatoms. The number of imidazole rings is 1. The van der Waals surface area contributed by atoms with Crippen LogP contribution in [0.25, 0.3) is 56.0 Å². The number of aromatic amines is 2. The number of carbonyl (C=O) groups excluding carboxylic acids is 1. The summed E-state index contributed by atoms with van der Waals surface area (Å²) in [7, 11) is 0. The van der Waals surface area contributed by atoms with Gasteiger partial charge in [-0.05, 0) is 37.1 Å². The van der Waals surface area contributed by atoms with Crippen molar-refractivity contribution in [2.45, 2.75) is 12.8 Å². The van der Waals surface area contributed by atoms with Gasteiger partial charge in [-0.25, -0.2) is 13.8 Å². The lowest BCUT2D eigenvalue weighted by Crippen LogP contribution is -2.13. The first-order chi connectivity index (χ1) is 18.6. The number of amides is 1. The highest BCUT2D eigenvalue weighted by atomic mass is 19.1. The van der Waals surface area contributed by atoms with E-state index in [0.29, 0.717) is 39.1 Å². The number of H-pyrrole nitrogens is 2. The number of hydrogen-bond acceptors (Lipinski definition) is 6. The third-order valence-corrected chi connectivity index (χ3v) is 6.53. The standard InChI is InChI=1S/C27H18F2N8O/c28-17-4-2-1-3-16(17)23-24-18(7-8-31-23)34-26(35-24)25-20-19(36-37-25)12-32-22(21(20)29)14-9-15(11-30-10-14)33-27(38)13-5-6-13/h1-4,7-13H,5-6H2,(H,33,38)(H,34,35)(H,36,37). The minimum Gasteiger partial charge on any atom is -0.336 e. The summed E-state index contributed by atoms with van der Waals surface area (Å²) >= 11 is 0. The molecule has 186 valence electrons. The molecule has 0 unspecified atom stereocenters. The molecule has 0 atom stereocenters. The fourth-order valence-corrected chi connectivity index (χ4v) is 4.47. The molecule has 1 amide bonds. The van der Waals surface area contributed by atoms with Crippen LogP contribution in [-0.2, 0) is 4.79 Å². The third-order valence-electron chi connectivity index (χ3n) is 6.53. The number of fused-ring (bicyclic) bond motifs is 2. The van der Waals surface area contributed by atoms with E-state index in [9.17, 15) is 9.18 Å². The van der Waals surface area contributed by atoms with Crippen molar-refractivity contribution >= 4 is 33.5 Å². The number of nitrogens with one attached hydrogen (secondary N) is 3. The van der Waals surface area contributed by atoms with Crippen LogP contribution in [0.3, 0.4) is 0 Å². The number of hydrogen-bond donors (Lipinski definition) is 3. The van der Waals surface area contributed by atoms with Crippen molar-refractivity contribution in [3.8, 4) is 34.0 Å². The number of carbonyl (C=O) groups is 1. The van der Waals surface area contributed by atoms with Gasteiger partial charge in [0.05, 0.1) is 34.5 Å². The number of anilines is 1. The zero-order valence-corrected chi connectivity index (χ0v) is 19.7. The summed E-state index contributed by atoms with van der Waals surface area (Å²) in [4.78, 5) is 32.7. The highest BCUT2D eigenvalue weighted by molar-refractivity contribution is 5.98. The summed E-state index contributed by atoms with van der Waals surface area (Å²) in [6.45, 7) is 0. The molecule has 38 heavy (non-hydrogen) atoms. The average molecular weight is 508 g/mol. The lowest BCUT2D eigenvalue weighted by atomic mass is 10.1. The normalized spacial score (nSPS) is 13.3. The molecular weight excluding hydrogens is 490 g/mol. The SMILES string of the molecule is O=C(Nc1cncc(-c2ncc3[nH]nc(-c4nc5c(-c6ccccc6F)nccc5[nH]4)c3c2F)c1)C1CC1. The molecule has 0 spiro atoms. The van der Waals surface area contributed by atoms with Crippen molar-refractivity contribution in [1.29, 1.82) is 0 Å². The number of aromatic nitrogens is 7. The van der Waals surface area contributed by atoms with Crippen LogP contribution in [0.1, 0.15) is 12.8 Å². The zero-order chi connectivity index (χ0) is 25.8. The van der Waals surface area contributed by atoms with Crippen molar-refractivity contribution in [1.82, 2.24) is 35.1 Å². The molecular formula is C27H18F2N8O. The second-order valence-electron chi connectivity index (χ2n) is 9.13. The maximum Gasteiger partial charge on any atom is 0.227 e. The number of rotatable bonds is 5. The summed E-state index contributed by atoms with van der Waals surface area (Å²) in [5.74, 6) is -0.799. The van der Waals surface area contributed by atoms with Crippen LogP contribution >= 0.6 is 0 Å². The molecule has 0 bridgehead atoms. The van der Waals surface area contributed by atoms with Gasteiger partial charge in [0, 0.05) is 29.4 Å². The first-order valence-electron chi connectivity index (χ1n) is 12.0. The number of halogens is 2. The van der Waals surface area contributed by atoms with Crippen LogP contribution in [0.15, 0.2) is 61.2 Å². The monoisotopic (exact) mass is 508 g/mol. The largest absolute Gasteiger partial charge is 0.336 e. The molecule has 7 rings (SSSR count). The summed E-state index contributed by atoms with van der Waals surface area (Å²) in [6, 6.07) is 9.65. The maximum atomic E-state index is 16.0. The van der Waals surface area contributed by atoms with E-state index < -0.39 is 11.6 Å². The molecule has 1 aliphatic carbocycles. The van der Waals surface area contributed by atoms with E-state index in [1.165, 1.54) is 24.7 Å². The van der Waals surface area contributed by atoms with E-state index in [1.807, 2.05) is 0 Å². The Labute approximate surface area is 213 Å². The topological polar surface area (TPSA) is 125 Å². The number of pyridine rings is 3. The molecule has 6 aromatic rings. The first-order valence-corrected chi connectivity index (χ1v) is 12.0. The van der Waals surface area contributed by atoms with E-state index in [1.54, 1.807) is 36.5 Å². The zero-order valence-electron chi connectivity index (χ0n) is 19.7. The van der Waals surface area contributed by atoms with E-state index >= 15 is 4.39 Å². The van der Waals surface area contributed by atoms with E-state index in [2.05, 4.69) is 40.4 Å². The smallest absolute Gasteiger partial charge is 0.227 e. The molecule has 1 saturated carbocycles. The summed E-state index contributed by atoms with van der Waals surface area (Å²) < 4.78 is 30.5. The summed E-state index contributed by atoms with van der Waals surface area (Å²) in [5, 5.41) is 10.1. The predicted octanol–water partition coefficient (Wildman–Crippen LogP) is 5.25. The maximum absolute atomic E-state index is 16.0. The van der Waals surface area contributed by atoms with Crippen molar-refractivity contribution < 1.29 is 13.6 Å². The minimum absolute atomic E-state index is 0.0243. The van der Waals surface area contributed by atoms with E-state index in [0.717, 1.165) is 12.8 Å². The Bertz CT molecular complexity index is 1870. The lowest BCUT2D eigenvalue weighted by molar-refractivity contribution is -0.117. The van der Waals surface area contributed by atoms with Gasteiger partial charge in [0.2, 0.25) is 5.91 Å². The van der Waals surface area contributed by atoms with Gasteiger partial charge in [-0.2, -0.15) is 5.10 Å². The molecule has 0 aliphatic heterocycles. The molecule has 0 radical (unpaired) electrons. The molecule has 9 nitrogen and oxygen atoms in total. The van der Waals surface area contributed by atoms with Crippen LogP contribution < -0.4 is 5.32 Å². The van der Waals surface area contributed by atoms with Gasteiger partial charge in [-0.1, -0.05) is 12.1 Å². The predicted molar refractivity (Wildman–Crippen MR) is 137 cm³/mol. The van der Waals surface area contributed by atoms with E-state index in [4.69, 9.17) is 0 Å². The highest BCUT2D eigenvalue weighted by Crippen LogP contribution is 2.35. The molecule has 1 aromatic carbocycles. The Balaban J connectivity index is 1.33. The van der Waals surface area contributed by atoms with Crippen molar-refractivity contribution in [2.75, 3.05) is 5.32 Å². The molecule has 5 aromatic heterocycles. The highest BCUT2D eigenvalue weighted by Gasteiger charge is 2.29. The van der Waals surface area contributed by atoms with Crippen LogP contribution in [0, 0.1) is 17.6 Å². The van der Waals surface area contributed by atoms with Crippen molar-refractivity contribution in [3.05, 3.63) is 72.8 Å². The molecule has 0 saturated heterocycles. The Morgan fingerprint density at radius 3 is 2.68 bits per heavy atom. The Kier molecular flexibility index (Phi) is 4.96. The van der Waals surface area contributed by atoms with Gasteiger partial charge in [0.1, 0.15) is 28.4 Å². The van der Waals surface area contributed by atoms with Crippen molar-refractivity contribution in [3.63, 3.8) is 0 Å². The third kappa shape index (κ3) is 3.67. The van der Waals surface area contributed by atoms with Gasteiger partial charge in [0.15, 0.2) is 11.6 Å². The molecule has 1 fully saturated rings. The van der Waals surface area contributed by atoms with Crippen LogP contribution in [-0.4, -0.2) is 41.0 Å². The van der Waals surface area contributed by atoms with Gasteiger partial charge in [-0.3, -0.25) is 24.8 Å². The van der Waals surface area contributed by atoms with Gasteiger partial charge in [0.25, 0.3) is 0 Å². The van der Waals surface area contributed by atoms with Gasteiger partial charge >= 0.3 is 0 Å². The molecule has 1 aliphatic rings. The second-order valence-corrected chi connectivity index (χ2v) is 9.13. The van der Waals surface area contributed by atoms with E-state index in [-0.39, 0.29) is 34.4 Å². The van der Waals surface area contributed by atoms with Crippen LogP contribution in [0.4, 0.5) is 14.5 Å². The lowest BCUT2D eigenvalue weighted by Gasteiger charge is -2.07. The minimum atomic E-state index is -0.619. The average Bonchev–Trinajstić information content (AvgIpc) is 3.54. The quantitative estimate of drug-likeness (QED) is 0.292. The van der Waals surface area contributed by atoms with Gasteiger partial charge in [-0.15, -0.1) is 0 Å². The summed E-state index contributed by atoms with van der Waals surface area (Å²) in [5.41, 5.74) is 3.25. The Hall–Kier alpha value is -5.06. The molecule has 3 N–H and O–H groups in total. The fraction of sp³-hybridized carbons (Fsp3) is 0.111. The van der Waals surface area contributed by atoms with Gasteiger partial charge < -0.3 is 10.3 Å².